The lowest BCUT2D eigenvalue weighted by Crippen LogP contribution is -2.08. The minimum Gasteiger partial charge on any atom is -0.508 e. The van der Waals surface area contributed by atoms with E-state index in [-0.39, 0.29) is 17.5 Å². The molecule has 0 spiro atoms. The quantitative estimate of drug-likeness (QED) is 0.796. The molecule has 1 N–H and O–H groups in total. The summed E-state index contributed by atoms with van der Waals surface area (Å²) in [6.07, 6.45) is 1.52. The summed E-state index contributed by atoms with van der Waals surface area (Å²) >= 11 is 0. The Balaban J connectivity index is 2.73. The highest BCUT2D eigenvalue weighted by Gasteiger charge is 2.13. The van der Waals surface area contributed by atoms with E-state index in [0.717, 1.165) is 12.0 Å². The number of carbonyl (C=O) groups excluding carboxylic acids is 1. The first-order valence-electron chi connectivity index (χ1n) is 4.96. The number of Topliss-reactive ketones (excluding diaryl/α,β-unsaturated/α-hetero) is 1. The van der Waals surface area contributed by atoms with E-state index in [0.29, 0.717) is 6.42 Å². The van der Waals surface area contributed by atoms with Gasteiger partial charge in [-0.15, -0.1) is 0 Å². The van der Waals surface area contributed by atoms with Crippen molar-refractivity contribution in [3.63, 3.8) is 0 Å². The van der Waals surface area contributed by atoms with E-state index >= 15 is 0 Å². The van der Waals surface area contributed by atoms with Crippen molar-refractivity contribution in [2.24, 2.45) is 0 Å². The summed E-state index contributed by atoms with van der Waals surface area (Å²) in [6.45, 7) is 3.91. The summed E-state index contributed by atoms with van der Waals surface area (Å²) in [5.41, 5.74) is 0.973. The van der Waals surface area contributed by atoms with Crippen LogP contribution in [0.5, 0.6) is 5.75 Å². The lowest BCUT2D eigenvalue weighted by atomic mass is 9.94. The molecule has 1 aromatic carbocycles. The fraction of sp³-hybridized carbons (Fsp3) is 0.417. The minimum absolute atomic E-state index is 0.0597. The predicted octanol–water partition coefficient (Wildman–Crippen LogP) is 2.86. The lowest BCUT2D eigenvalue weighted by Gasteiger charge is -2.09. The largest absolute Gasteiger partial charge is 0.508 e. The fourth-order valence-corrected chi connectivity index (χ4v) is 1.41. The second-order valence-corrected chi connectivity index (χ2v) is 3.53. The van der Waals surface area contributed by atoms with Gasteiger partial charge in [0.2, 0.25) is 0 Å². The smallest absolute Gasteiger partial charge is 0.140 e. The average Bonchev–Trinajstić information content (AvgIpc) is 2.18. The molecule has 0 aliphatic heterocycles. The van der Waals surface area contributed by atoms with Crippen LogP contribution < -0.4 is 0 Å². The second kappa shape index (κ2) is 4.80. The maximum absolute atomic E-state index is 11.6. The van der Waals surface area contributed by atoms with Crippen LogP contribution in [0.2, 0.25) is 0 Å². The molecule has 1 atom stereocenters. The Morgan fingerprint density at radius 1 is 1.36 bits per heavy atom. The van der Waals surface area contributed by atoms with E-state index in [1.807, 2.05) is 13.8 Å². The van der Waals surface area contributed by atoms with Crippen LogP contribution in [-0.2, 0) is 4.79 Å². The molecule has 2 heteroatoms. The van der Waals surface area contributed by atoms with Gasteiger partial charge in [-0.05, 0) is 24.1 Å². The standard InChI is InChI=1S/C12H16O2/c1-3-4-12(14)9(2)10-5-7-11(13)8-6-10/h5-9,13H,3-4H2,1-2H3. The van der Waals surface area contributed by atoms with Crippen molar-refractivity contribution in [2.45, 2.75) is 32.6 Å². The van der Waals surface area contributed by atoms with Gasteiger partial charge in [-0.25, -0.2) is 0 Å². The van der Waals surface area contributed by atoms with E-state index < -0.39 is 0 Å². The highest BCUT2D eigenvalue weighted by Crippen LogP contribution is 2.20. The maximum atomic E-state index is 11.6. The van der Waals surface area contributed by atoms with E-state index in [4.69, 9.17) is 5.11 Å². The Morgan fingerprint density at radius 3 is 2.43 bits per heavy atom. The topological polar surface area (TPSA) is 37.3 Å². The molecular formula is C12H16O2. The molecular weight excluding hydrogens is 176 g/mol. The molecule has 0 fully saturated rings. The summed E-state index contributed by atoms with van der Waals surface area (Å²) < 4.78 is 0. The zero-order valence-corrected chi connectivity index (χ0v) is 8.66. The summed E-state index contributed by atoms with van der Waals surface area (Å²) in [5, 5.41) is 9.10. The molecule has 0 aromatic heterocycles. The number of aromatic hydroxyl groups is 1. The van der Waals surface area contributed by atoms with Crippen LogP contribution in [0.4, 0.5) is 0 Å². The molecule has 0 bridgehead atoms. The van der Waals surface area contributed by atoms with Gasteiger partial charge < -0.3 is 5.11 Å². The van der Waals surface area contributed by atoms with Gasteiger partial charge >= 0.3 is 0 Å². The maximum Gasteiger partial charge on any atom is 0.140 e. The van der Waals surface area contributed by atoms with E-state index in [1.54, 1.807) is 24.3 Å². The van der Waals surface area contributed by atoms with Crippen LogP contribution in [0, 0.1) is 0 Å². The molecule has 0 heterocycles. The highest BCUT2D eigenvalue weighted by atomic mass is 16.3. The molecule has 1 aromatic rings. The Hall–Kier alpha value is -1.31. The van der Waals surface area contributed by atoms with Crippen LogP contribution >= 0.6 is 0 Å². The number of hydrogen-bond donors (Lipinski definition) is 1. The number of phenols is 1. The van der Waals surface area contributed by atoms with Gasteiger partial charge in [0.25, 0.3) is 0 Å². The summed E-state index contributed by atoms with van der Waals surface area (Å²) in [7, 11) is 0. The van der Waals surface area contributed by atoms with E-state index in [9.17, 15) is 4.79 Å². The third-order valence-electron chi connectivity index (χ3n) is 2.37. The monoisotopic (exact) mass is 192 g/mol. The van der Waals surface area contributed by atoms with Gasteiger partial charge in [-0.1, -0.05) is 26.0 Å². The average molecular weight is 192 g/mol. The molecule has 1 rings (SSSR count). The molecule has 0 aliphatic carbocycles. The van der Waals surface area contributed by atoms with Crippen LogP contribution in [-0.4, -0.2) is 10.9 Å². The van der Waals surface area contributed by atoms with Gasteiger partial charge in [-0.3, -0.25) is 4.79 Å². The first-order valence-corrected chi connectivity index (χ1v) is 4.96. The molecule has 0 saturated carbocycles. The van der Waals surface area contributed by atoms with Crippen molar-refractivity contribution in [1.29, 1.82) is 0 Å². The van der Waals surface area contributed by atoms with Crippen molar-refractivity contribution >= 4 is 5.78 Å². The number of hydrogen-bond acceptors (Lipinski definition) is 2. The Kier molecular flexibility index (Phi) is 3.69. The molecule has 0 saturated heterocycles. The predicted molar refractivity (Wildman–Crippen MR) is 56.4 cm³/mol. The summed E-state index contributed by atoms with van der Waals surface area (Å²) in [4.78, 5) is 11.6. The zero-order chi connectivity index (χ0) is 10.6. The highest BCUT2D eigenvalue weighted by molar-refractivity contribution is 5.85. The molecule has 76 valence electrons. The number of ketones is 1. The van der Waals surface area contributed by atoms with E-state index in [2.05, 4.69) is 0 Å². The lowest BCUT2D eigenvalue weighted by molar-refractivity contribution is -0.120. The van der Waals surface area contributed by atoms with Crippen LogP contribution in [0.25, 0.3) is 0 Å². The second-order valence-electron chi connectivity index (χ2n) is 3.53. The van der Waals surface area contributed by atoms with E-state index in [1.165, 1.54) is 0 Å². The minimum atomic E-state index is -0.0597. The van der Waals surface area contributed by atoms with Crippen LogP contribution in [0.3, 0.4) is 0 Å². The van der Waals surface area contributed by atoms with Crippen LogP contribution in [0.1, 0.15) is 38.2 Å². The normalized spacial score (nSPS) is 12.4. The molecule has 14 heavy (non-hydrogen) atoms. The zero-order valence-electron chi connectivity index (χ0n) is 8.66. The molecule has 0 amide bonds. The van der Waals surface area contributed by atoms with Gasteiger partial charge in [-0.2, -0.15) is 0 Å². The van der Waals surface area contributed by atoms with Crippen molar-refractivity contribution in [2.75, 3.05) is 0 Å². The third-order valence-corrected chi connectivity index (χ3v) is 2.37. The van der Waals surface area contributed by atoms with Crippen molar-refractivity contribution in [1.82, 2.24) is 0 Å². The Bertz CT molecular complexity index is 301. The summed E-state index contributed by atoms with van der Waals surface area (Å²) in [6, 6.07) is 6.83. The number of benzene rings is 1. The number of phenolic OH excluding ortho intramolecular Hbond substituents is 1. The van der Waals surface area contributed by atoms with Crippen molar-refractivity contribution in [3.05, 3.63) is 29.8 Å². The fourth-order valence-electron chi connectivity index (χ4n) is 1.41. The first kappa shape index (κ1) is 10.8. The third kappa shape index (κ3) is 2.59. The van der Waals surface area contributed by atoms with Gasteiger partial charge in [0.15, 0.2) is 0 Å². The molecule has 1 unspecified atom stereocenters. The first-order chi connectivity index (χ1) is 6.65. The number of carbonyl (C=O) groups is 1. The SMILES string of the molecule is CCCC(=O)C(C)c1ccc(O)cc1. The summed E-state index contributed by atoms with van der Waals surface area (Å²) in [5.74, 6) is 0.442. The van der Waals surface area contributed by atoms with Gasteiger partial charge in [0.1, 0.15) is 11.5 Å². The number of rotatable bonds is 4. The molecule has 2 nitrogen and oxygen atoms in total. The Labute approximate surface area is 84.6 Å². The van der Waals surface area contributed by atoms with Gasteiger partial charge in [0.05, 0.1) is 0 Å². The van der Waals surface area contributed by atoms with Crippen molar-refractivity contribution in [3.8, 4) is 5.75 Å². The molecule has 0 radical (unpaired) electrons. The van der Waals surface area contributed by atoms with Gasteiger partial charge in [0, 0.05) is 12.3 Å². The van der Waals surface area contributed by atoms with Crippen LogP contribution in [0.15, 0.2) is 24.3 Å². The molecule has 0 aliphatic rings. The Morgan fingerprint density at radius 2 is 1.93 bits per heavy atom. The van der Waals surface area contributed by atoms with Crippen molar-refractivity contribution < 1.29 is 9.90 Å².